The van der Waals surface area contributed by atoms with Crippen LogP contribution < -0.4 is 9.47 Å². The number of alkyl halides is 1. The van der Waals surface area contributed by atoms with Gasteiger partial charge in [0.1, 0.15) is 5.67 Å². The summed E-state index contributed by atoms with van der Waals surface area (Å²) < 4.78 is 24.0. The van der Waals surface area contributed by atoms with Crippen LogP contribution in [-0.4, -0.2) is 14.2 Å². The summed E-state index contributed by atoms with van der Waals surface area (Å²) in [5, 5.41) is 8.95. The minimum absolute atomic E-state index is 0.255. The Bertz CT molecular complexity index is 430. The van der Waals surface area contributed by atoms with Crippen LogP contribution in [0.5, 0.6) is 11.5 Å². The first-order valence-electron chi connectivity index (χ1n) is 4.79. The molecule has 0 aromatic heterocycles. The summed E-state index contributed by atoms with van der Waals surface area (Å²) in [7, 11) is 2.94. The molecule has 0 saturated heterocycles. The summed E-state index contributed by atoms with van der Waals surface area (Å²) in [6.45, 7) is 2.80. The molecule has 0 spiro atoms. The standard InChI is InChI=1S/C12H14FNO2/c1-12(2,13)9-6-11(16-4)10(15-3)5-8(9)7-14/h5-6H,1-4H3. The Morgan fingerprint density at radius 1 is 1.19 bits per heavy atom. The van der Waals surface area contributed by atoms with Crippen LogP contribution in [0.1, 0.15) is 25.0 Å². The largest absolute Gasteiger partial charge is 0.493 e. The van der Waals surface area contributed by atoms with E-state index in [0.717, 1.165) is 0 Å². The number of nitriles is 1. The van der Waals surface area contributed by atoms with Crippen LogP contribution in [0.2, 0.25) is 0 Å². The molecule has 1 aromatic carbocycles. The molecular weight excluding hydrogens is 209 g/mol. The first-order chi connectivity index (χ1) is 7.43. The predicted molar refractivity (Wildman–Crippen MR) is 58.4 cm³/mol. The van der Waals surface area contributed by atoms with Crippen molar-refractivity contribution in [1.29, 1.82) is 5.26 Å². The topological polar surface area (TPSA) is 42.2 Å². The molecule has 0 fully saturated rings. The van der Waals surface area contributed by atoms with Crippen LogP contribution in [0, 0.1) is 11.3 Å². The third-order valence-electron chi connectivity index (χ3n) is 2.28. The second-order valence-electron chi connectivity index (χ2n) is 3.84. The normalized spacial score (nSPS) is 10.8. The first-order valence-corrected chi connectivity index (χ1v) is 4.79. The molecule has 86 valence electrons. The molecule has 0 aliphatic carbocycles. The van der Waals surface area contributed by atoms with Gasteiger partial charge in [-0.3, -0.25) is 0 Å². The summed E-state index contributed by atoms with van der Waals surface area (Å²) >= 11 is 0. The number of benzene rings is 1. The molecule has 0 heterocycles. The summed E-state index contributed by atoms with van der Waals surface area (Å²) in [5.41, 5.74) is -1.04. The van der Waals surface area contributed by atoms with Gasteiger partial charge in [-0.2, -0.15) is 5.26 Å². The van der Waals surface area contributed by atoms with Crippen molar-refractivity contribution in [3.05, 3.63) is 23.3 Å². The first kappa shape index (κ1) is 12.3. The molecule has 4 heteroatoms. The van der Waals surface area contributed by atoms with Crippen molar-refractivity contribution < 1.29 is 13.9 Å². The van der Waals surface area contributed by atoms with Gasteiger partial charge in [0.15, 0.2) is 11.5 Å². The van der Waals surface area contributed by atoms with Gasteiger partial charge in [-0.25, -0.2) is 4.39 Å². The van der Waals surface area contributed by atoms with E-state index >= 15 is 0 Å². The SMILES string of the molecule is COc1cc(C#N)c(C(C)(C)F)cc1OC. The van der Waals surface area contributed by atoms with Gasteiger partial charge in [0, 0.05) is 11.6 Å². The highest BCUT2D eigenvalue weighted by atomic mass is 19.1. The van der Waals surface area contributed by atoms with E-state index < -0.39 is 5.67 Å². The molecule has 0 bridgehead atoms. The van der Waals surface area contributed by atoms with Crippen LogP contribution >= 0.6 is 0 Å². The van der Waals surface area contributed by atoms with Crippen molar-refractivity contribution >= 4 is 0 Å². The number of halogens is 1. The van der Waals surface area contributed by atoms with E-state index in [2.05, 4.69) is 0 Å². The van der Waals surface area contributed by atoms with E-state index in [9.17, 15) is 4.39 Å². The van der Waals surface area contributed by atoms with Crippen molar-refractivity contribution in [2.45, 2.75) is 19.5 Å². The highest BCUT2D eigenvalue weighted by Gasteiger charge is 2.25. The number of rotatable bonds is 3. The Kier molecular flexibility index (Phi) is 3.38. The monoisotopic (exact) mass is 223 g/mol. The second-order valence-corrected chi connectivity index (χ2v) is 3.84. The fraction of sp³-hybridized carbons (Fsp3) is 0.417. The Balaban J connectivity index is 3.45. The molecule has 0 saturated carbocycles. The molecule has 0 N–H and O–H groups in total. The molecule has 16 heavy (non-hydrogen) atoms. The fourth-order valence-corrected chi connectivity index (χ4v) is 1.46. The summed E-state index contributed by atoms with van der Waals surface area (Å²) in [6.07, 6.45) is 0. The Hall–Kier alpha value is -1.76. The highest BCUT2D eigenvalue weighted by molar-refractivity contribution is 5.53. The van der Waals surface area contributed by atoms with E-state index in [1.165, 1.54) is 40.2 Å². The maximum atomic E-state index is 13.9. The molecule has 1 rings (SSSR count). The van der Waals surface area contributed by atoms with Gasteiger partial charge >= 0.3 is 0 Å². The van der Waals surface area contributed by atoms with Gasteiger partial charge < -0.3 is 9.47 Å². The van der Waals surface area contributed by atoms with Crippen molar-refractivity contribution in [2.75, 3.05) is 14.2 Å². The number of hydrogen-bond donors (Lipinski definition) is 0. The van der Waals surface area contributed by atoms with Gasteiger partial charge in [0.25, 0.3) is 0 Å². The quantitative estimate of drug-likeness (QED) is 0.791. The molecule has 1 aromatic rings. The fourth-order valence-electron chi connectivity index (χ4n) is 1.46. The van der Waals surface area contributed by atoms with Crippen LogP contribution in [0.4, 0.5) is 4.39 Å². The van der Waals surface area contributed by atoms with Crippen LogP contribution in [-0.2, 0) is 5.67 Å². The zero-order chi connectivity index (χ0) is 12.3. The third-order valence-corrected chi connectivity index (χ3v) is 2.28. The minimum Gasteiger partial charge on any atom is -0.493 e. The average molecular weight is 223 g/mol. The maximum Gasteiger partial charge on any atom is 0.162 e. The van der Waals surface area contributed by atoms with Crippen molar-refractivity contribution in [1.82, 2.24) is 0 Å². The zero-order valence-corrected chi connectivity index (χ0v) is 9.80. The lowest BCUT2D eigenvalue weighted by Gasteiger charge is -2.18. The van der Waals surface area contributed by atoms with Gasteiger partial charge in [0.05, 0.1) is 25.9 Å². The van der Waals surface area contributed by atoms with Gasteiger partial charge in [0.2, 0.25) is 0 Å². The van der Waals surface area contributed by atoms with Crippen LogP contribution in [0.25, 0.3) is 0 Å². The molecule has 0 radical (unpaired) electrons. The van der Waals surface area contributed by atoms with Crippen LogP contribution in [0.3, 0.4) is 0 Å². The predicted octanol–water partition coefficient (Wildman–Crippen LogP) is 2.78. The molecule has 3 nitrogen and oxygen atoms in total. The van der Waals surface area contributed by atoms with E-state index in [1.807, 2.05) is 6.07 Å². The molecule has 0 aliphatic heterocycles. The molecular formula is C12H14FNO2. The Labute approximate surface area is 94.4 Å². The molecule has 0 unspecified atom stereocenters. The van der Waals surface area contributed by atoms with Gasteiger partial charge in [-0.05, 0) is 19.9 Å². The Morgan fingerprint density at radius 3 is 2.06 bits per heavy atom. The summed E-state index contributed by atoms with van der Waals surface area (Å²) in [6, 6.07) is 4.93. The van der Waals surface area contributed by atoms with E-state index in [0.29, 0.717) is 17.1 Å². The minimum atomic E-state index is -1.59. The number of methoxy groups -OCH3 is 2. The van der Waals surface area contributed by atoms with E-state index in [1.54, 1.807) is 0 Å². The number of nitrogens with zero attached hydrogens (tertiary/aromatic N) is 1. The highest BCUT2D eigenvalue weighted by Crippen LogP contribution is 2.36. The lowest BCUT2D eigenvalue weighted by Crippen LogP contribution is -2.12. The number of hydrogen-bond acceptors (Lipinski definition) is 3. The van der Waals surface area contributed by atoms with E-state index in [-0.39, 0.29) is 5.56 Å². The van der Waals surface area contributed by atoms with Gasteiger partial charge in [-0.1, -0.05) is 0 Å². The summed E-state index contributed by atoms with van der Waals surface area (Å²) in [4.78, 5) is 0. The lowest BCUT2D eigenvalue weighted by atomic mass is 9.94. The van der Waals surface area contributed by atoms with Crippen molar-refractivity contribution in [3.8, 4) is 17.6 Å². The van der Waals surface area contributed by atoms with Gasteiger partial charge in [-0.15, -0.1) is 0 Å². The van der Waals surface area contributed by atoms with E-state index in [4.69, 9.17) is 14.7 Å². The van der Waals surface area contributed by atoms with Crippen molar-refractivity contribution in [2.24, 2.45) is 0 Å². The zero-order valence-electron chi connectivity index (χ0n) is 9.80. The van der Waals surface area contributed by atoms with Crippen molar-refractivity contribution in [3.63, 3.8) is 0 Å². The average Bonchev–Trinajstić information content (AvgIpc) is 2.25. The molecule has 0 amide bonds. The molecule has 0 atom stereocenters. The molecule has 0 aliphatic rings. The van der Waals surface area contributed by atoms with Crippen LogP contribution in [0.15, 0.2) is 12.1 Å². The number of ether oxygens (including phenoxy) is 2. The smallest absolute Gasteiger partial charge is 0.162 e. The second kappa shape index (κ2) is 4.40. The summed E-state index contributed by atoms with van der Waals surface area (Å²) in [5.74, 6) is 0.842. The lowest BCUT2D eigenvalue weighted by molar-refractivity contribution is 0.219. The maximum absolute atomic E-state index is 13.9. The Morgan fingerprint density at radius 2 is 1.69 bits per heavy atom. The third kappa shape index (κ3) is 2.25.